The molecule has 0 aromatic heterocycles. The van der Waals surface area contributed by atoms with E-state index < -0.39 is 0 Å². The van der Waals surface area contributed by atoms with Crippen LogP contribution in [0.1, 0.15) is 0 Å². The van der Waals surface area contributed by atoms with Gasteiger partial charge in [0.15, 0.2) is 0 Å². The SMILES string of the molecule is O=C=c1c2cccc3cccc1c32. The first kappa shape index (κ1) is 6.64. The van der Waals surface area contributed by atoms with Crippen LogP contribution in [0, 0.1) is 0 Å². The smallest absolute Gasteiger partial charge is 0.133 e. The van der Waals surface area contributed by atoms with E-state index in [4.69, 9.17) is 0 Å². The lowest BCUT2D eigenvalue weighted by atomic mass is 9.93. The van der Waals surface area contributed by atoms with Gasteiger partial charge in [0.1, 0.15) is 5.94 Å². The molecule has 0 N–H and O–H groups in total. The first-order valence-electron chi connectivity index (χ1n) is 4.19. The van der Waals surface area contributed by atoms with Crippen molar-refractivity contribution in [2.75, 3.05) is 0 Å². The molecule has 60 valence electrons. The minimum Gasteiger partial charge on any atom is -0.233 e. The van der Waals surface area contributed by atoms with E-state index in [0.717, 1.165) is 16.0 Å². The summed E-state index contributed by atoms with van der Waals surface area (Å²) >= 11 is 0. The monoisotopic (exact) mass is 166 g/mol. The molecule has 0 heterocycles. The molecule has 0 fully saturated rings. The van der Waals surface area contributed by atoms with E-state index in [1.165, 1.54) is 10.8 Å². The molecule has 0 radical (unpaired) electrons. The number of benzene rings is 2. The first-order chi connectivity index (χ1) is 6.42. The molecule has 1 heteroatoms. The topological polar surface area (TPSA) is 17.1 Å². The fourth-order valence-corrected chi connectivity index (χ4v) is 1.95. The Balaban J connectivity index is 2.78. The van der Waals surface area contributed by atoms with Gasteiger partial charge in [-0.05, 0) is 10.8 Å². The van der Waals surface area contributed by atoms with E-state index in [1.54, 1.807) is 0 Å². The van der Waals surface area contributed by atoms with Crippen LogP contribution in [0.2, 0.25) is 0 Å². The molecule has 0 aliphatic rings. The predicted octanol–water partition coefficient (Wildman–Crippen LogP) is 1.65. The van der Waals surface area contributed by atoms with Crippen molar-refractivity contribution in [1.82, 2.24) is 0 Å². The standard InChI is InChI=1S/C12H6O/c13-7-11-9-5-1-3-8-4-2-6-10(11)12(8)9/h1-6H. The largest absolute Gasteiger partial charge is 0.233 e. The maximum atomic E-state index is 10.6. The van der Waals surface area contributed by atoms with Crippen molar-refractivity contribution in [3.05, 3.63) is 41.6 Å². The number of rotatable bonds is 0. The third-order valence-corrected chi connectivity index (χ3v) is 2.55. The summed E-state index contributed by atoms with van der Waals surface area (Å²) in [5, 5.41) is 5.23. The molecule has 0 atom stereocenters. The zero-order valence-electron chi connectivity index (χ0n) is 6.87. The van der Waals surface area contributed by atoms with Gasteiger partial charge in [-0.25, -0.2) is 4.79 Å². The Morgan fingerprint density at radius 2 is 1.54 bits per heavy atom. The third kappa shape index (κ3) is 0.652. The summed E-state index contributed by atoms with van der Waals surface area (Å²) in [5.41, 5.74) is 0. The van der Waals surface area contributed by atoms with Crippen molar-refractivity contribution < 1.29 is 4.79 Å². The van der Waals surface area contributed by atoms with Gasteiger partial charge in [-0.1, -0.05) is 36.4 Å². The van der Waals surface area contributed by atoms with E-state index >= 15 is 0 Å². The summed E-state index contributed by atoms with van der Waals surface area (Å²) in [6, 6.07) is 12.0. The summed E-state index contributed by atoms with van der Waals surface area (Å²) in [7, 11) is 0. The van der Waals surface area contributed by atoms with Crippen LogP contribution in [0.3, 0.4) is 0 Å². The summed E-state index contributed by atoms with van der Waals surface area (Å²) in [6.45, 7) is 0. The summed E-state index contributed by atoms with van der Waals surface area (Å²) in [6.07, 6.45) is 0. The van der Waals surface area contributed by atoms with Gasteiger partial charge in [-0.2, -0.15) is 0 Å². The lowest BCUT2D eigenvalue weighted by molar-refractivity contribution is 0.568. The van der Waals surface area contributed by atoms with Gasteiger partial charge < -0.3 is 0 Å². The van der Waals surface area contributed by atoms with E-state index in [9.17, 15) is 4.79 Å². The number of carbonyl (C=O) groups excluding carboxylic acids is 1. The van der Waals surface area contributed by atoms with Gasteiger partial charge >= 0.3 is 0 Å². The molecule has 3 rings (SSSR count). The van der Waals surface area contributed by atoms with E-state index in [0.29, 0.717) is 0 Å². The summed E-state index contributed by atoms with van der Waals surface area (Å²) in [5.74, 6) is 1.98. The van der Waals surface area contributed by atoms with E-state index in [-0.39, 0.29) is 0 Å². The van der Waals surface area contributed by atoms with E-state index in [1.807, 2.05) is 30.2 Å². The van der Waals surface area contributed by atoms with E-state index in [2.05, 4.69) is 12.1 Å². The van der Waals surface area contributed by atoms with Crippen LogP contribution < -0.4 is 5.22 Å². The predicted molar refractivity (Wildman–Crippen MR) is 52.7 cm³/mol. The maximum absolute atomic E-state index is 10.6. The normalized spacial score (nSPS) is 11.1. The Labute approximate surface area is 74.6 Å². The number of hydrogen-bond donors (Lipinski definition) is 0. The fraction of sp³-hybridized carbons (Fsp3) is 0. The molecule has 0 aliphatic carbocycles. The highest BCUT2D eigenvalue weighted by atomic mass is 16.1. The molecule has 0 saturated carbocycles. The van der Waals surface area contributed by atoms with Crippen LogP contribution in [0.25, 0.3) is 21.5 Å². The molecule has 0 amide bonds. The molecule has 0 spiro atoms. The van der Waals surface area contributed by atoms with Gasteiger partial charge in [-0.3, -0.25) is 0 Å². The van der Waals surface area contributed by atoms with Gasteiger partial charge in [0.25, 0.3) is 0 Å². The number of hydrogen-bond acceptors (Lipinski definition) is 1. The van der Waals surface area contributed by atoms with Crippen LogP contribution >= 0.6 is 0 Å². The molecule has 0 saturated heterocycles. The van der Waals surface area contributed by atoms with Crippen molar-refractivity contribution in [3.8, 4) is 0 Å². The first-order valence-corrected chi connectivity index (χ1v) is 4.19. The minimum atomic E-state index is 0.723. The average molecular weight is 166 g/mol. The summed E-state index contributed by atoms with van der Waals surface area (Å²) in [4.78, 5) is 10.6. The van der Waals surface area contributed by atoms with Crippen LogP contribution in [-0.2, 0) is 4.79 Å². The van der Waals surface area contributed by atoms with Crippen LogP contribution in [0.4, 0.5) is 0 Å². The zero-order valence-corrected chi connectivity index (χ0v) is 6.87. The molecule has 3 aromatic rings. The van der Waals surface area contributed by atoms with Crippen molar-refractivity contribution >= 4 is 27.5 Å². The molecule has 0 unspecified atom stereocenters. The Morgan fingerprint density at radius 3 is 2.08 bits per heavy atom. The lowest BCUT2D eigenvalue weighted by Gasteiger charge is -2.08. The average Bonchev–Trinajstić information content (AvgIpc) is 2.17. The molecule has 0 bridgehead atoms. The lowest BCUT2D eigenvalue weighted by Crippen LogP contribution is -2.11. The molecule has 13 heavy (non-hydrogen) atoms. The minimum absolute atomic E-state index is 0.723. The second-order valence-corrected chi connectivity index (χ2v) is 3.19. The Kier molecular flexibility index (Phi) is 1.07. The molecular weight excluding hydrogens is 160 g/mol. The fourth-order valence-electron chi connectivity index (χ4n) is 1.95. The van der Waals surface area contributed by atoms with Crippen LogP contribution in [0.5, 0.6) is 0 Å². The molecular formula is C12H6O. The molecule has 3 aromatic carbocycles. The van der Waals surface area contributed by atoms with Crippen molar-refractivity contribution in [1.29, 1.82) is 0 Å². The van der Waals surface area contributed by atoms with Crippen molar-refractivity contribution in [3.63, 3.8) is 0 Å². The van der Waals surface area contributed by atoms with Gasteiger partial charge in [-0.15, -0.1) is 0 Å². The van der Waals surface area contributed by atoms with Crippen LogP contribution in [-0.4, -0.2) is 5.94 Å². The summed E-state index contributed by atoms with van der Waals surface area (Å²) < 4.78 is 0. The van der Waals surface area contributed by atoms with Crippen LogP contribution in [0.15, 0.2) is 36.4 Å². The third-order valence-electron chi connectivity index (χ3n) is 2.55. The van der Waals surface area contributed by atoms with Gasteiger partial charge in [0.2, 0.25) is 0 Å². The van der Waals surface area contributed by atoms with Gasteiger partial charge in [0.05, 0.1) is 5.22 Å². The zero-order chi connectivity index (χ0) is 8.84. The quantitative estimate of drug-likeness (QED) is 0.496. The molecule has 1 nitrogen and oxygen atoms in total. The highest BCUT2D eigenvalue weighted by Crippen LogP contribution is 2.25. The Bertz CT molecular complexity index is 601. The van der Waals surface area contributed by atoms with Crippen molar-refractivity contribution in [2.45, 2.75) is 0 Å². The molecule has 0 aliphatic heterocycles. The second-order valence-electron chi connectivity index (χ2n) is 3.19. The highest BCUT2D eigenvalue weighted by molar-refractivity contribution is 6.18. The second kappa shape index (κ2) is 2.09. The Morgan fingerprint density at radius 1 is 0.923 bits per heavy atom. The highest BCUT2D eigenvalue weighted by Gasteiger charge is 2.09. The van der Waals surface area contributed by atoms with Gasteiger partial charge in [0, 0.05) is 10.8 Å². The van der Waals surface area contributed by atoms with Crippen molar-refractivity contribution in [2.24, 2.45) is 0 Å². The Hall–Kier alpha value is -1.85. The maximum Gasteiger partial charge on any atom is 0.133 e.